The fourth-order valence-corrected chi connectivity index (χ4v) is 1.85. The molecule has 2 aromatic carbocycles. The van der Waals surface area contributed by atoms with E-state index in [1.165, 1.54) is 24.3 Å². The molecule has 0 unspecified atom stereocenters. The van der Waals surface area contributed by atoms with Crippen LogP contribution >= 0.6 is 0 Å². The number of nitriles is 1. The van der Waals surface area contributed by atoms with Crippen molar-refractivity contribution in [1.82, 2.24) is 5.32 Å². The van der Waals surface area contributed by atoms with Crippen LogP contribution in [0.1, 0.15) is 27.5 Å². The summed E-state index contributed by atoms with van der Waals surface area (Å²) in [6.07, 6.45) is 0. The number of halogens is 1. The molecule has 20 heavy (non-hydrogen) atoms. The van der Waals surface area contributed by atoms with Crippen molar-refractivity contribution < 1.29 is 9.18 Å². The van der Waals surface area contributed by atoms with E-state index in [0.717, 1.165) is 5.56 Å². The Morgan fingerprint density at radius 1 is 1.25 bits per heavy atom. The predicted molar refractivity (Wildman–Crippen MR) is 73.4 cm³/mol. The molecule has 0 radical (unpaired) electrons. The first-order chi connectivity index (χ1) is 9.60. The number of nitrogens with one attached hydrogen (secondary N) is 1. The largest absolute Gasteiger partial charge is 0.333 e. The van der Waals surface area contributed by atoms with Crippen LogP contribution in [0.15, 0.2) is 48.5 Å². The molecule has 0 heterocycles. The van der Waals surface area contributed by atoms with Crippen molar-refractivity contribution in [1.29, 1.82) is 5.26 Å². The topological polar surface area (TPSA) is 52.9 Å². The standard InChI is InChI=1S/C16H13FN2O/c1-11-3-2-4-13(9-11)16(20)19-15(10-18)12-5-7-14(17)8-6-12/h2-9,15H,1H3,(H,19,20)/t15-/m1/s1. The minimum atomic E-state index is -0.802. The second-order valence-electron chi connectivity index (χ2n) is 4.46. The highest BCUT2D eigenvalue weighted by Crippen LogP contribution is 2.14. The highest BCUT2D eigenvalue weighted by molar-refractivity contribution is 5.94. The molecule has 1 N–H and O–H groups in total. The van der Waals surface area contributed by atoms with E-state index in [1.54, 1.807) is 18.2 Å². The van der Waals surface area contributed by atoms with E-state index in [4.69, 9.17) is 5.26 Å². The van der Waals surface area contributed by atoms with Crippen LogP contribution in [0.4, 0.5) is 4.39 Å². The first-order valence-electron chi connectivity index (χ1n) is 6.13. The summed E-state index contributed by atoms with van der Waals surface area (Å²) in [5, 5.41) is 11.8. The number of rotatable bonds is 3. The van der Waals surface area contributed by atoms with Crippen LogP contribution in [-0.4, -0.2) is 5.91 Å². The van der Waals surface area contributed by atoms with Gasteiger partial charge >= 0.3 is 0 Å². The number of carbonyl (C=O) groups excluding carboxylic acids is 1. The Morgan fingerprint density at radius 2 is 1.95 bits per heavy atom. The van der Waals surface area contributed by atoms with Gasteiger partial charge in [0.2, 0.25) is 0 Å². The summed E-state index contributed by atoms with van der Waals surface area (Å²) in [4.78, 5) is 12.1. The van der Waals surface area contributed by atoms with Gasteiger partial charge in [-0.25, -0.2) is 4.39 Å². The lowest BCUT2D eigenvalue weighted by molar-refractivity contribution is 0.0945. The van der Waals surface area contributed by atoms with Gasteiger partial charge in [0.15, 0.2) is 0 Å². The van der Waals surface area contributed by atoms with Gasteiger partial charge in [-0.3, -0.25) is 4.79 Å². The van der Waals surface area contributed by atoms with Crippen LogP contribution in [0.5, 0.6) is 0 Å². The summed E-state index contributed by atoms with van der Waals surface area (Å²) in [7, 11) is 0. The Labute approximate surface area is 116 Å². The molecule has 0 aliphatic carbocycles. The lowest BCUT2D eigenvalue weighted by Crippen LogP contribution is -2.27. The fraction of sp³-hybridized carbons (Fsp3) is 0.125. The Kier molecular flexibility index (Phi) is 4.11. The van der Waals surface area contributed by atoms with Crippen molar-refractivity contribution in [3.05, 3.63) is 71.0 Å². The molecule has 0 bridgehead atoms. The van der Waals surface area contributed by atoms with Gasteiger partial charge in [0, 0.05) is 5.56 Å². The second-order valence-corrected chi connectivity index (χ2v) is 4.46. The normalized spacial score (nSPS) is 11.4. The maximum atomic E-state index is 12.9. The molecule has 0 fully saturated rings. The third kappa shape index (κ3) is 3.21. The molecule has 0 aromatic heterocycles. The highest BCUT2D eigenvalue weighted by Gasteiger charge is 2.15. The highest BCUT2D eigenvalue weighted by atomic mass is 19.1. The number of amides is 1. The van der Waals surface area contributed by atoms with Gasteiger partial charge in [-0.2, -0.15) is 5.26 Å². The van der Waals surface area contributed by atoms with Crippen LogP contribution in [0, 0.1) is 24.1 Å². The molecule has 0 aliphatic rings. The molecular weight excluding hydrogens is 255 g/mol. The zero-order valence-corrected chi connectivity index (χ0v) is 10.9. The van der Waals surface area contributed by atoms with E-state index in [-0.39, 0.29) is 11.7 Å². The quantitative estimate of drug-likeness (QED) is 0.929. The van der Waals surface area contributed by atoms with Crippen molar-refractivity contribution in [2.75, 3.05) is 0 Å². The van der Waals surface area contributed by atoms with Crippen LogP contribution in [0.3, 0.4) is 0 Å². The lowest BCUT2D eigenvalue weighted by Gasteiger charge is -2.12. The molecule has 1 atom stereocenters. The van der Waals surface area contributed by atoms with E-state index in [1.807, 2.05) is 19.1 Å². The fourth-order valence-electron chi connectivity index (χ4n) is 1.85. The first-order valence-corrected chi connectivity index (χ1v) is 6.13. The summed E-state index contributed by atoms with van der Waals surface area (Å²) >= 11 is 0. The van der Waals surface area contributed by atoms with Gasteiger partial charge in [0.05, 0.1) is 6.07 Å². The smallest absolute Gasteiger partial charge is 0.252 e. The van der Waals surface area contributed by atoms with E-state index >= 15 is 0 Å². The summed E-state index contributed by atoms with van der Waals surface area (Å²) < 4.78 is 12.9. The number of carbonyl (C=O) groups is 1. The summed E-state index contributed by atoms with van der Waals surface area (Å²) in [6.45, 7) is 1.89. The molecule has 0 saturated carbocycles. The Morgan fingerprint density at radius 3 is 2.55 bits per heavy atom. The summed E-state index contributed by atoms with van der Waals surface area (Å²) in [5.74, 6) is -0.708. The van der Waals surface area contributed by atoms with Gasteiger partial charge in [0.1, 0.15) is 11.9 Å². The molecule has 2 rings (SSSR count). The summed E-state index contributed by atoms with van der Waals surface area (Å²) in [6, 6.07) is 13.8. The molecule has 4 heteroatoms. The maximum Gasteiger partial charge on any atom is 0.252 e. The van der Waals surface area contributed by atoms with Crippen LogP contribution in [0.25, 0.3) is 0 Å². The van der Waals surface area contributed by atoms with Crippen molar-refractivity contribution in [2.24, 2.45) is 0 Å². The number of hydrogen-bond donors (Lipinski definition) is 1. The third-order valence-corrected chi connectivity index (χ3v) is 2.89. The predicted octanol–water partition coefficient (Wildman–Crippen LogP) is 3.13. The zero-order chi connectivity index (χ0) is 14.5. The molecule has 0 spiro atoms. The average Bonchev–Trinajstić information content (AvgIpc) is 2.45. The summed E-state index contributed by atoms with van der Waals surface area (Å²) in [5.41, 5.74) is 2.01. The number of nitrogens with zero attached hydrogens (tertiary/aromatic N) is 1. The van der Waals surface area contributed by atoms with E-state index in [9.17, 15) is 9.18 Å². The minimum absolute atomic E-state index is 0.329. The van der Waals surface area contributed by atoms with Gasteiger partial charge in [-0.15, -0.1) is 0 Å². The van der Waals surface area contributed by atoms with Crippen molar-refractivity contribution in [2.45, 2.75) is 13.0 Å². The molecular formula is C16H13FN2O. The maximum absolute atomic E-state index is 12.9. The van der Waals surface area contributed by atoms with E-state index in [0.29, 0.717) is 11.1 Å². The molecule has 1 amide bonds. The van der Waals surface area contributed by atoms with Crippen LogP contribution < -0.4 is 5.32 Å². The van der Waals surface area contributed by atoms with Gasteiger partial charge in [-0.05, 0) is 36.8 Å². The molecule has 0 saturated heterocycles. The number of benzene rings is 2. The van der Waals surface area contributed by atoms with Crippen LogP contribution in [0.2, 0.25) is 0 Å². The number of hydrogen-bond acceptors (Lipinski definition) is 2. The third-order valence-electron chi connectivity index (χ3n) is 2.89. The van der Waals surface area contributed by atoms with Gasteiger partial charge in [0.25, 0.3) is 5.91 Å². The Hall–Kier alpha value is -2.67. The monoisotopic (exact) mass is 268 g/mol. The second kappa shape index (κ2) is 5.98. The van der Waals surface area contributed by atoms with Crippen molar-refractivity contribution in [3.8, 4) is 6.07 Å². The SMILES string of the molecule is Cc1cccc(C(=O)N[C@H](C#N)c2ccc(F)cc2)c1. The van der Waals surface area contributed by atoms with Crippen molar-refractivity contribution in [3.63, 3.8) is 0 Å². The van der Waals surface area contributed by atoms with Gasteiger partial charge in [-0.1, -0.05) is 29.8 Å². The lowest BCUT2D eigenvalue weighted by atomic mass is 10.1. The average molecular weight is 268 g/mol. The Bertz CT molecular complexity index is 659. The minimum Gasteiger partial charge on any atom is -0.333 e. The first kappa shape index (κ1) is 13.8. The van der Waals surface area contributed by atoms with Gasteiger partial charge < -0.3 is 5.32 Å². The zero-order valence-electron chi connectivity index (χ0n) is 10.9. The van der Waals surface area contributed by atoms with Crippen LogP contribution in [-0.2, 0) is 0 Å². The number of aryl methyl sites for hydroxylation is 1. The van der Waals surface area contributed by atoms with E-state index in [2.05, 4.69) is 5.32 Å². The molecule has 3 nitrogen and oxygen atoms in total. The molecule has 2 aromatic rings. The van der Waals surface area contributed by atoms with Crippen molar-refractivity contribution >= 4 is 5.91 Å². The van der Waals surface area contributed by atoms with E-state index < -0.39 is 6.04 Å². The molecule has 0 aliphatic heterocycles. The molecule has 100 valence electrons. The Balaban J connectivity index is 2.17.